The van der Waals surface area contributed by atoms with Crippen molar-refractivity contribution in [3.63, 3.8) is 0 Å². The number of hydrogen-bond donors (Lipinski definition) is 0. The van der Waals surface area contributed by atoms with Crippen molar-refractivity contribution < 1.29 is 4.48 Å². The quantitative estimate of drug-likeness (QED) is 0.664. The smallest absolute Gasteiger partial charge is 0.0878 e. The molecular formula is C14H22N+. The van der Waals surface area contributed by atoms with Crippen molar-refractivity contribution in [3.05, 3.63) is 35.9 Å². The summed E-state index contributed by atoms with van der Waals surface area (Å²) in [6.07, 6.45) is 4.13. The Morgan fingerprint density at radius 3 is 2.07 bits per heavy atom. The van der Waals surface area contributed by atoms with Gasteiger partial charge in [0.25, 0.3) is 0 Å². The molecule has 2 rings (SSSR count). The van der Waals surface area contributed by atoms with Gasteiger partial charge >= 0.3 is 0 Å². The van der Waals surface area contributed by atoms with E-state index in [2.05, 4.69) is 51.5 Å². The molecule has 0 saturated heterocycles. The Morgan fingerprint density at radius 1 is 1.07 bits per heavy atom. The summed E-state index contributed by atoms with van der Waals surface area (Å²) in [5.74, 6) is 0. The molecule has 1 aliphatic rings. The van der Waals surface area contributed by atoms with Crippen molar-refractivity contribution in [1.82, 2.24) is 0 Å². The van der Waals surface area contributed by atoms with E-state index in [1.54, 1.807) is 5.56 Å². The van der Waals surface area contributed by atoms with Gasteiger partial charge in [-0.15, -0.1) is 0 Å². The molecule has 1 heteroatoms. The highest BCUT2D eigenvalue weighted by Crippen LogP contribution is 2.44. The first-order valence-corrected chi connectivity index (χ1v) is 5.88. The van der Waals surface area contributed by atoms with E-state index in [0.717, 1.165) is 4.48 Å². The van der Waals surface area contributed by atoms with Gasteiger partial charge in [-0.1, -0.05) is 36.8 Å². The molecular weight excluding hydrogens is 182 g/mol. The molecule has 1 saturated carbocycles. The third-order valence-electron chi connectivity index (χ3n) is 3.47. The van der Waals surface area contributed by atoms with Crippen LogP contribution in [0.2, 0.25) is 0 Å². The van der Waals surface area contributed by atoms with Crippen LogP contribution in [0.15, 0.2) is 30.3 Å². The van der Waals surface area contributed by atoms with Crippen LogP contribution in [0.5, 0.6) is 0 Å². The van der Waals surface area contributed by atoms with Crippen molar-refractivity contribution in [3.8, 4) is 0 Å². The minimum absolute atomic E-state index is 0.472. The summed E-state index contributed by atoms with van der Waals surface area (Å²) in [5, 5.41) is 0. The van der Waals surface area contributed by atoms with Gasteiger partial charge in [0.15, 0.2) is 0 Å². The van der Waals surface area contributed by atoms with E-state index in [4.69, 9.17) is 0 Å². The van der Waals surface area contributed by atoms with Gasteiger partial charge in [-0.05, 0) is 18.4 Å². The van der Waals surface area contributed by atoms with Gasteiger partial charge < -0.3 is 4.48 Å². The highest BCUT2D eigenvalue weighted by Gasteiger charge is 2.42. The van der Waals surface area contributed by atoms with Crippen LogP contribution in [0, 0.1) is 0 Å². The number of hydrogen-bond acceptors (Lipinski definition) is 0. The molecule has 1 aliphatic carbocycles. The Hall–Kier alpha value is -0.820. The molecule has 82 valence electrons. The van der Waals surface area contributed by atoms with Crippen LogP contribution >= 0.6 is 0 Å². The van der Waals surface area contributed by atoms with Gasteiger partial charge in [0.2, 0.25) is 0 Å². The van der Waals surface area contributed by atoms with Crippen molar-refractivity contribution in [2.75, 3.05) is 27.7 Å². The Labute approximate surface area is 93.3 Å². The molecule has 1 aromatic carbocycles. The van der Waals surface area contributed by atoms with Crippen molar-refractivity contribution in [1.29, 1.82) is 0 Å². The van der Waals surface area contributed by atoms with Crippen LogP contribution in [-0.2, 0) is 5.41 Å². The molecule has 0 unspecified atom stereocenters. The Balaban J connectivity index is 2.23. The molecule has 1 aromatic rings. The van der Waals surface area contributed by atoms with Crippen molar-refractivity contribution in [2.24, 2.45) is 0 Å². The number of quaternary nitrogens is 1. The first-order chi connectivity index (χ1) is 7.02. The van der Waals surface area contributed by atoms with Gasteiger partial charge in [-0.25, -0.2) is 0 Å². The molecule has 0 spiro atoms. The second-order valence-electron chi connectivity index (χ2n) is 5.95. The van der Waals surface area contributed by atoms with Crippen LogP contribution in [-0.4, -0.2) is 32.2 Å². The summed E-state index contributed by atoms with van der Waals surface area (Å²) >= 11 is 0. The Kier molecular flexibility index (Phi) is 2.59. The van der Waals surface area contributed by atoms with Crippen LogP contribution in [0.1, 0.15) is 24.8 Å². The molecule has 0 bridgehead atoms. The van der Waals surface area contributed by atoms with Crippen LogP contribution in [0.3, 0.4) is 0 Å². The van der Waals surface area contributed by atoms with E-state index < -0.39 is 0 Å². The van der Waals surface area contributed by atoms with E-state index >= 15 is 0 Å². The number of rotatable bonds is 3. The Morgan fingerprint density at radius 2 is 1.67 bits per heavy atom. The molecule has 0 amide bonds. The Bertz CT molecular complexity index is 317. The van der Waals surface area contributed by atoms with E-state index in [0.29, 0.717) is 5.41 Å². The molecule has 0 atom stereocenters. The fraction of sp³-hybridized carbons (Fsp3) is 0.571. The van der Waals surface area contributed by atoms with Crippen molar-refractivity contribution >= 4 is 0 Å². The maximum Gasteiger partial charge on any atom is 0.0878 e. The van der Waals surface area contributed by atoms with Crippen molar-refractivity contribution in [2.45, 2.75) is 24.7 Å². The van der Waals surface area contributed by atoms with Crippen LogP contribution in [0.4, 0.5) is 0 Å². The summed E-state index contributed by atoms with van der Waals surface area (Å²) in [4.78, 5) is 0. The number of likely N-dealkylation sites (N-methyl/N-ethyl adjacent to an activating group) is 1. The SMILES string of the molecule is C[N+](C)(C)CC1(c2ccccc2)CCC1. The van der Waals surface area contributed by atoms with Gasteiger partial charge in [0.05, 0.1) is 27.7 Å². The minimum atomic E-state index is 0.472. The van der Waals surface area contributed by atoms with Gasteiger partial charge in [0, 0.05) is 5.41 Å². The largest absolute Gasteiger partial charge is 0.330 e. The maximum absolute atomic E-state index is 2.30. The van der Waals surface area contributed by atoms with E-state index in [1.807, 2.05) is 0 Å². The fourth-order valence-corrected chi connectivity index (χ4v) is 2.84. The molecule has 0 N–H and O–H groups in total. The topological polar surface area (TPSA) is 0 Å². The van der Waals surface area contributed by atoms with E-state index in [9.17, 15) is 0 Å². The van der Waals surface area contributed by atoms with Gasteiger partial charge in [0.1, 0.15) is 0 Å². The first-order valence-electron chi connectivity index (χ1n) is 5.88. The first kappa shape index (κ1) is 10.7. The molecule has 0 heterocycles. The monoisotopic (exact) mass is 204 g/mol. The maximum atomic E-state index is 2.30. The normalized spacial score (nSPS) is 19.7. The third kappa shape index (κ3) is 2.23. The zero-order valence-electron chi connectivity index (χ0n) is 10.2. The van der Waals surface area contributed by atoms with Crippen LogP contribution < -0.4 is 0 Å². The molecule has 0 aromatic heterocycles. The number of nitrogens with zero attached hydrogens (tertiary/aromatic N) is 1. The average molecular weight is 204 g/mol. The summed E-state index contributed by atoms with van der Waals surface area (Å²) in [5.41, 5.74) is 2.02. The van der Waals surface area contributed by atoms with E-state index in [-0.39, 0.29) is 0 Å². The number of benzene rings is 1. The highest BCUT2D eigenvalue weighted by molar-refractivity contribution is 5.27. The lowest BCUT2D eigenvalue weighted by molar-refractivity contribution is -0.875. The zero-order chi connectivity index (χ0) is 10.9. The lowest BCUT2D eigenvalue weighted by Crippen LogP contribution is -2.50. The van der Waals surface area contributed by atoms with E-state index in [1.165, 1.54) is 25.8 Å². The average Bonchev–Trinajstić information content (AvgIpc) is 2.11. The molecule has 0 aliphatic heterocycles. The predicted molar refractivity (Wildman–Crippen MR) is 64.9 cm³/mol. The lowest BCUT2D eigenvalue weighted by Gasteiger charge is -2.46. The van der Waals surface area contributed by atoms with Crippen LogP contribution in [0.25, 0.3) is 0 Å². The molecule has 15 heavy (non-hydrogen) atoms. The second-order valence-corrected chi connectivity index (χ2v) is 5.95. The highest BCUT2D eigenvalue weighted by atomic mass is 15.3. The second kappa shape index (κ2) is 3.64. The van der Waals surface area contributed by atoms with Gasteiger partial charge in [-0.2, -0.15) is 0 Å². The molecule has 1 fully saturated rings. The summed E-state index contributed by atoms with van der Waals surface area (Å²) in [6.45, 7) is 1.26. The fourth-order valence-electron chi connectivity index (χ4n) is 2.84. The standard InChI is InChI=1S/C14H22N/c1-15(2,3)12-14(10-7-11-14)13-8-5-4-6-9-13/h4-6,8-9H,7,10-12H2,1-3H3/q+1. The zero-order valence-corrected chi connectivity index (χ0v) is 10.2. The lowest BCUT2D eigenvalue weighted by atomic mass is 9.64. The summed E-state index contributed by atoms with van der Waals surface area (Å²) < 4.78 is 1.06. The third-order valence-corrected chi connectivity index (χ3v) is 3.47. The van der Waals surface area contributed by atoms with Gasteiger partial charge in [-0.3, -0.25) is 0 Å². The summed E-state index contributed by atoms with van der Waals surface area (Å²) in [6, 6.07) is 11.1. The molecule has 0 radical (unpaired) electrons. The predicted octanol–water partition coefficient (Wildman–Crippen LogP) is 2.81. The summed E-state index contributed by atoms with van der Waals surface area (Å²) in [7, 11) is 6.88. The minimum Gasteiger partial charge on any atom is -0.330 e. The molecule has 1 nitrogen and oxygen atoms in total.